The summed E-state index contributed by atoms with van der Waals surface area (Å²) in [5.74, 6) is 0.579. The minimum Gasteiger partial charge on any atom is -0.393 e. The van der Waals surface area contributed by atoms with Crippen molar-refractivity contribution < 1.29 is 5.11 Å². The van der Waals surface area contributed by atoms with Crippen LogP contribution in [0.4, 0.5) is 0 Å². The lowest BCUT2D eigenvalue weighted by Gasteiger charge is -2.46. The molecule has 3 aliphatic rings. The number of hydrogen-bond acceptors (Lipinski definition) is 2. The molecule has 2 bridgehead atoms. The van der Waals surface area contributed by atoms with E-state index in [-0.39, 0.29) is 6.10 Å². The summed E-state index contributed by atoms with van der Waals surface area (Å²) >= 11 is 0. The van der Waals surface area contributed by atoms with Crippen molar-refractivity contribution in [2.45, 2.75) is 31.4 Å². The van der Waals surface area contributed by atoms with Crippen LogP contribution in [0.1, 0.15) is 19.3 Å². The van der Waals surface area contributed by atoms with Gasteiger partial charge in [0.1, 0.15) is 0 Å². The Kier molecular flexibility index (Phi) is 1.46. The first-order valence-corrected chi connectivity index (χ1v) is 4.15. The Morgan fingerprint density at radius 3 is 2.50 bits per heavy atom. The highest BCUT2D eigenvalue weighted by Crippen LogP contribution is 2.33. The van der Waals surface area contributed by atoms with E-state index in [9.17, 15) is 5.11 Å². The number of aliphatic hydroxyl groups excluding tert-OH is 1. The van der Waals surface area contributed by atoms with Gasteiger partial charge in [-0.25, -0.2) is 0 Å². The quantitative estimate of drug-likeness (QED) is 0.530. The van der Waals surface area contributed by atoms with Crippen LogP contribution in [0.25, 0.3) is 0 Å². The molecule has 10 heavy (non-hydrogen) atoms. The van der Waals surface area contributed by atoms with Gasteiger partial charge in [0, 0.05) is 12.6 Å². The molecule has 1 aliphatic carbocycles. The van der Waals surface area contributed by atoms with Crippen LogP contribution in [-0.4, -0.2) is 35.7 Å². The fraction of sp³-hybridized carbons (Fsp3) is 1.00. The maximum absolute atomic E-state index is 9.49. The van der Waals surface area contributed by atoms with Crippen LogP contribution in [0.2, 0.25) is 0 Å². The molecule has 3 unspecified atom stereocenters. The molecule has 58 valence electrons. The maximum atomic E-state index is 9.49. The van der Waals surface area contributed by atoms with E-state index in [1.807, 2.05) is 0 Å². The summed E-state index contributed by atoms with van der Waals surface area (Å²) in [4.78, 5) is 2.39. The highest BCUT2D eigenvalue weighted by molar-refractivity contribution is 4.91. The van der Waals surface area contributed by atoms with Gasteiger partial charge in [-0.3, -0.25) is 0 Å². The predicted octanol–water partition coefficient (Wildman–Crippen LogP) is 0.461. The van der Waals surface area contributed by atoms with Crippen LogP contribution >= 0.6 is 0 Å². The van der Waals surface area contributed by atoms with Crippen molar-refractivity contribution in [2.75, 3.05) is 13.6 Å². The molecule has 1 saturated carbocycles. The zero-order chi connectivity index (χ0) is 7.14. The van der Waals surface area contributed by atoms with Crippen LogP contribution in [0.3, 0.4) is 0 Å². The molecule has 0 radical (unpaired) electrons. The van der Waals surface area contributed by atoms with Gasteiger partial charge in [0.25, 0.3) is 0 Å². The average molecular weight is 141 g/mol. The normalized spacial score (nSPS) is 48.0. The van der Waals surface area contributed by atoms with E-state index in [1.165, 1.54) is 12.8 Å². The van der Waals surface area contributed by atoms with Gasteiger partial charge < -0.3 is 10.0 Å². The molecule has 0 aromatic heterocycles. The maximum Gasteiger partial charge on any atom is 0.0595 e. The highest BCUT2D eigenvalue weighted by Gasteiger charge is 2.37. The predicted molar refractivity (Wildman–Crippen MR) is 39.8 cm³/mol. The summed E-state index contributed by atoms with van der Waals surface area (Å²) in [6, 6.07) is 0.681. The molecule has 1 N–H and O–H groups in total. The Labute approximate surface area is 61.8 Å². The fourth-order valence-electron chi connectivity index (χ4n) is 2.32. The van der Waals surface area contributed by atoms with E-state index in [2.05, 4.69) is 11.9 Å². The third-order valence-corrected chi connectivity index (χ3v) is 3.07. The number of hydrogen-bond donors (Lipinski definition) is 1. The van der Waals surface area contributed by atoms with E-state index in [4.69, 9.17) is 0 Å². The minimum absolute atomic E-state index is 0.00921. The highest BCUT2D eigenvalue weighted by atomic mass is 16.3. The number of fused-ring (bicyclic) bond motifs is 3. The van der Waals surface area contributed by atoms with Crippen LogP contribution in [0.15, 0.2) is 0 Å². The molecular formula is C8H15NO. The van der Waals surface area contributed by atoms with Crippen molar-refractivity contribution in [3.8, 4) is 0 Å². The van der Waals surface area contributed by atoms with Gasteiger partial charge in [0.15, 0.2) is 0 Å². The molecular weight excluding hydrogens is 126 g/mol. The van der Waals surface area contributed by atoms with Crippen molar-refractivity contribution in [1.82, 2.24) is 4.90 Å². The molecule has 0 aromatic rings. The van der Waals surface area contributed by atoms with Crippen LogP contribution in [-0.2, 0) is 0 Å². The topological polar surface area (TPSA) is 23.5 Å². The molecule has 0 amide bonds. The lowest BCUT2D eigenvalue weighted by atomic mass is 9.78. The van der Waals surface area contributed by atoms with Gasteiger partial charge in [-0.05, 0) is 32.2 Å². The first kappa shape index (κ1) is 6.62. The second-order valence-electron chi connectivity index (χ2n) is 3.73. The molecule has 2 heterocycles. The molecule has 2 heteroatoms. The third kappa shape index (κ3) is 0.867. The number of nitrogens with zero attached hydrogens (tertiary/aromatic N) is 1. The summed E-state index contributed by atoms with van der Waals surface area (Å²) in [7, 11) is 2.17. The van der Waals surface area contributed by atoms with Gasteiger partial charge in [-0.2, -0.15) is 0 Å². The molecule has 3 rings (SSSR count). The SMILES string of the molecule is CN1CC2CCC1CC2O. The molecule has 0 aromatic carbocycles. The number of aliphatic hydroxyl groups is 1. The van der Waals surface area contributed by atoms with E-state index >= 15 is 0 Å². The van der Waals surface area contributed by atoms with Crippen molar-refractivity contribution in [1.29, 1.82) is 0 Å². The zero-order valence-electron chi connectivity index (χ0n) is 6.45. The van der Waals surface area contributed by atoms with Crippen LogP contribution in [0.5, 0.6) is 0 Å². The molecule has 2 aliphatic heterocycles. The smallest absolute Gasteiger partial charge is 0.0595 e. The van der Waals surface area contributed by atoms with E-state index in [0.29, 0.717) is 12.0 Å². The Balaban J connectivity index is 2.09. The van der Waals surface area contributed by atoms with Crippen molar-refractivity contribution >= 4 is 0 Å². The van der Waals surface area contributed by atoms with Gasteiger partial charge in [0.05, 0.1) is 6.10 Å². The van der Waals surface area contributed by atoms with Gasteiger partial charge in [-0.15, -0.1) is 0 Å². The van der Waals surface area contributed by atoms with Gasteiger partial charge in [-0.1, -0.05) is 0 Å². The fourth-order valence-corrected chi connectivity index (χ4v) is 2.32. The van der Waals surface area contributed by atoms with Crippen LogP contribution in [0, 0.1) is 5.92 Å². The summed E-state index contributed by atoms with van der Waals surface area (Å²) in [5, 5.41) is 9.49. The summed E-state index contributed by atoms with van der Waals surface area (Å²) < 4.78 is 0. The van der Waals surface area contributed by atoms with E-state index in [1.54, 1.807) is 0 Å². The van der Waals surface area contributed by atoms with Gasteiger partial charge in [0.2, 0.25) is 0 Å². The monoisotopic (exact) mass is 141 g/mol. The Morgan fingerprint density at radius 2 is 2.20 bits per heavy atom. The summed E-state index contributed by atoms with van der Waals surface area (Å²) in [6.45, 7) is 1.12. The van der Waals surface area contributed by atoms with Crippen molar-refractivity contribution in [3.63, 3.8) is 0 Å². The Hall–Kier alpha value is -0.0800. The lowest BCUT2D eigenvalue weighted by molar-refractivity contribution is -0.0379. The van der Waals surface area contributed by atoms with E-state index in [0.717, 1.165) is 13.0 Å². The molecule has 3 atom stereocenters. The second kappa shape index (κ2) is 2.21. The minimum atomic E-state index is 0.00921. The molecule has 2 nitrogen and oxygen atoms in total. The van der Waals surface area contributed by atoms with E-state index < -0.39 is 0 Å². The molecule has 3 fully saturated rings. The average Bonchev–Trinajstić information content (AvgIpc) is 1.91. The second-order valence-corrected chi connectivity index (χ2v) is 3.73. The Bertz CT molecular complexity index is 121. The van der Waals surface area contributed by atoms with Crippen LogP contribution < -0.4 is 0 Å². The van der Waals surface area contributed by atoms with Crippen molar-refractivity contribution in [3.05, 3.63) is 0 Å². The first-order chi connectivity index (χ1) is 4.77. The molecule has 0 spiro atoms. The first-order valence-electron chi connectivity index (χ1n) is 4.15. The number of piperidine rings is 2. The summed E-state index contributed by atoms with van der Waals surface area (Å²) in [5.41, 5.74) is 0. The van der Waals surface area contributed by atoms with Crippen molar-refractivity contribution in [2.24, 2.45) is 5.92 Å². The number of rotatable bonds is 0. The van der Waals surface area contributed by atoms with Gasteiger partial charge >= 0.3 is 0 Å². The third-order valence-electron chi connectivity index (χ3n) is 3.07. The largest absolute Gasteiger partial charge is 0.393 e. The Morgan fingerprint density at radius 1 is 1.40 bits per heavy atom. The molecule has 2 saturated heterocycles. The summed E-state index contributed by atoms with van der Waals surface area (Å²) in [6.07, 6.45) is 3.57. The zero-order valence-corrected chi connectivity index (χ0v) is 6.45. The lowest BCUT2D eigenvalue weighted by Crippen LogP contribution is -2.52. The standard InChI is InChI=1S/C8H15NO/c1-9-5-6-2-3-7(9)4-8(6)10/h6-8,10H,2-5H2,1H3.